The third-order valence-corrected chi connectivity index (χ3v) is 4.62. The maximum absolute atomic E-state index is 12.3. The summed E-state index contributed by atoms with van der Waals surface area (Å²) in [6.07, 6.45) is -4.21. The van der Waals surface area contributed by atoms with E-state index in [0.717, 1.165) is 12.0 Å². The fourth-order valence-corrected chi connectivity index (χ4v) is 3.48. The van der Waals surface area contributed by atoms with Gasteiger partial charge >= 0.3 is 12.5 Å². The van der Waals surface area contributed by atoms with Crippen molar-refractivity contribution >= 4 is 6.09 Å². The third-order valence-electron chi connectivity index (χ3n) is 4.62. The van der Waals surface area contributed by atoms with Crippen LogP contribution in [0, 0.1) is 0 Å². The van der Waals surface area contributed by atoms with Gasteiger partial charge in [-0.15, -0.1) is 13.2 Å². The van der Waals surface area contributed by atoms with Crippen LogP contribution in [0.3, 0.4) is 0 Å². The lowest BCUT2D eigenvalue weighted by Gasteiger charge is -2.44. The van der Waals surface area contributed by atoms with Crippen LogP contribution in [0.25, 0.3) is 0 Å². The van der Waals surface area contributed by atoms with Gasteiger partial charge in [0.05, 0.1) is 0 Å². The lowest BCUT2D eigenvalue weighted by atomic mass is 9.99. The number of amides is 1. The van der Waals surface area contributed by atoms with Crippen LogP contribution >= 0.6 is 0 Å². The van der Waals surface area contributed by atoms with Crippen molar-refractivity contribution in [3.63, 3.8) is 0 Å². The molecule has 0 unspecified atom stereocenters. The van der Waals surface area contributed by atoms with E-state index in [1.165, 1.54) is 12.1 Å². The Kier molecular flexibility index (Phi) is 6.85. The molecule has 0 radical (unpaired) electrons. The number of halogens is 3. The Morgan fingerprint density at radius 3 is 2.25 bits per heavy atom. The molecule has 1 aliphatic heterocycles. The molecule has 1 heterocycles. The molecule has 0 aliphatic carbocycles. The van der Waals surface area contributed by atoms with Gasteiger partial charge in [-0.1, -0.05) is 19.1 Å². The second kappa shape index (κ2) is 8.59. The number of ether oxygens (including phenoxy) is 2. The quantitative estimate of drug-likeness (QED) is 0.713. The summed E-state index contributed by atoms with van der Waals surface area (Å²) in [4.78, 5) is 16.3. The van der Waals surface area contributed by atoms with Gasteiger partial charge in [0, 0.05) is 31.7 Å². The Labute approximate surface area is 164 Å². The maximum Gasteiger partial charge on any atom is 0.573 e. The first-order chi connectivity index (χ1) is 12.9. The largest absolute Gasteiger partial charge is 0.573 e. The molecule has 28 heavy (non-hydrogen) atoms. The number of carbonyl (C=O) groups excluding carboxylic acids is 1. The smallest absolute Gasteiger partial charge is 0.444 e. The predicted octanol–water partition coefficient (Wildman–Crippen LogP) is 4.98. The van der Waals surface area contributed by atoms with Crippen molar-refractivity contribution in [3.8, 4) is 5.75 Å². The van der Waals surface area contributed by atoms with E-state index in [1.54, 1.807) is 17.0 Å². The van der Waals surface area contributed by atoms with Crippen molar-refractivity contribution in [1.82, 2.24) is 9.80 Å². The van der Waals surface area contributed by atoms with Crippen LogP contribution in [-0.2, 0) is 4.74 Å². The van der Waals surface area contributed by atoms with Crippen molar-refractivity contribution in [2.75, 3.05) is 19.6 Å². The lowest BCUT2D eigenvalue weighted by Crippen LogP contribution is -2.55. The van der Waals surface area contributed by atoms with E-state index in [4.69, 9.17) is 4.74 Å². The minimum atomic E-state index is -4.70. The van der Waals surface area contributed by atoms with Crippen molar-refractivity contribution in [2.24, 2.45) is 0 Å². The average Bonchev–Trinajstić information content (AvgIpc) is 2.55. The van der Waals surface area contributed by atoms with E-state index >= 15 is 0 Å². The van der Waals surface area contributed by atoms with Gasteiger partial charge in [0.1, 0.15) is 11.4 Å². The first-order valence-electron chi connectivity index (χ1n) is 9.49. The number of alkyl halides is 3. The fraction of sp³-hybridized carbons (Fsp3) is 0.650. The van der Waals surface area contributed by atoms with Crippen molar-refractivity contribution < 1.29 is 27.4 Å². The van der Waals surface area contributed by atoms with Crippen molar-refractivity contribution in [2.45, 2.75) is 65.1 Å². The van der Waals surface area contributed by atoms with Crippen LogP contribution in [0.2, 0.25) is 0 Å². The molecule has 1 aliphatic rings. The molecule has 0 saturated carbocycles. The standard InChI is InChI=1S/C20H29F3N2O3/c1-6-17(15-7-9-16(10-8-15)27-20(21,22)23)25-12-11-24(13-14(25)2)18(26)28-19(3,4)5/h7-10,14,17H,6,11-13H2,1-5H3/t14-,17-/m0/s1. The number of hydrogen-bond acceptors (Lipinski definition) is 4. The molecule has 1 fully saturated rings. The molecular weight excluding hydrogens is 373 g/mol. The van der Waals surface area contributed by atoms with Gasteiger partial charge in [-0.05, 0) is 51.8 Å². The highest BCUT2D eigenvalue weighted by Gasteiger charge is 2.34. The molecule has 1 aromatic carbocycles. The first-order valence-corrected chi connectivity index (χ1v) is 9.49. The first kappa shape index (κ1) is 22.3. The van der Waals surface area contributed by atoms with Crippen LogP contribution in [-0.4, -0.2) is 53.5 Å². The molecule has 0 spiro atoms. The molecule has 2 rings (SSSR count). The molecule has 0 bridgehead atoms. The monoisotopic (exact) mass is 402 g/mol. The number of carbonyl (C=O) groups is 1. The van der Waals surface area contributed by atoms with Crippen LogP contribution in [0.15, 0.2) is 24.3 Å². The summed E-state index contributed by atoms with van der Waals surface area (Å²) in [5.74, 6) is -0.228. The normalized spacial score (nSPS) is 20.0. The van der Waals surface area contributed by atoms with E-state index in [9.17, 15) is 18.0 Å². The molecule has 1 aromatic rings. The average molecular weight is 402 g/mol. The van der Waals surface area contributed by atoms with E-state index < -0.39 is 12.0 Å². The minimum Gasteiger partial charge on any atom is -0.444 e. The highest BCUT2D eigenvalue weighted by atomic mass is 19.4. The zero-order valence-electron chi connectivity index (χ0n) is 17.0. The molecule has 158 valence electrons. The van der Waals surface area contributed by atoms with E-state index in [1.807, 2.05) is 34.6 Å². The summed E-state index contributed by atoms with van der Waals surface area (Å²) in [6.45, 7) is 11.3. The van der Waals surface area contributed by atoms with Crippen molar-refractivity contribution in [3.05, 3.63) is 29.8 Å². The van der Waals surface area contributed by atoms with Gasteiger partial charge in [-0.3, -0.25) is 4.90 Å². The fourth-order valence-electron chi connectivity index (χ4n) is 3.48. The van der Waals surface area contributed by atoms with E-state index in [-0.39, 0.29) is 23.9 Å². The zero-order valence-corrected chi connectivity index (χ0v) is 17.0. The van der Waals surface area contributed by atoms with Gasteiger partial charge in [-0.2, -0.15) is 0 Å². The van der Waals surface area contributed by atoms with E-state index in [0.29, 0.717) is 19.6 Å². The zero-order chi connectivity index (χ0) is 21.1. The SMILES string of the molecule is CC[C@@H](c1ccc(OC(F)(F)F)cc1)N1CCN(C(=O)OC(C)(C)C)C[C@@H]1C. The van der Waals surface area contributed by atoms with E-state index in [2.05, 4.69) is 9.64 Å². The molecule has 2 atom stereocenters. The molecule has 8 heteroatoms. The number of piperazine rings is 1. The Morgan fingerprint density at radius 2 is 1.79 bits per heavy atom. The number of nitrogens with zero attached hydrogens (tertiary/aromatic N) is 2. The highest BCUT2D eigenvalue weighted by molar-refractivity contribution is 5.68. The van der Waals surface area contributed by atoms with Gasteiger partial charge in [-0.25, -0.2) is 4.79 Å². The summed E-state index contributed by atoms with van der Waals surface area (Å²) >= 11 is 0. The molecule has 0 aromatic heterocycles. The lowest BCUT2D eigenvalue weighted by molar-refractivity contribution is -0.274. The number of hydrogen-bond donors (Lipinski definition) is 0. The summed E-state index contributed by atoms with van der Waals surface area (Å²) in [6, 6.07) is 6.16. The second-order valence-corrected chi connectivity index (χ2v) is 8.05. The Morgan fingerprint density at radius 1 is 1.18 bits per heavy atom. The molecule has 1 amide bonds. The van der Waals surface area contributed by atoms with Crippen LogP contribution in [0.4, 0.5) is 18.0 Å². The number of rotatable bonds is 4. The van der Waals surface area contributed by atoms with Gasteiger partial charge in [0.2, 0.25) is 0 Å². The minimum absolute atomic E-state index is 0.0516. The predicted molar refractivity (Wildman–Crippen MR) is 100 cm³/mol. The summed E-state index contributed by atoms with van der Waals surface area (Å²) in [5.41, 5.74) is 0.387. The molecule has 1 saturated heterocycles. The summed E-state index contributed by atoms with van der Waals surface area (Å²) in [5, 5.41) is 0. The van der Waals surface area contributed by atoms with Crippen LogP contribution in [0.1, 0.15) is 52.6 Å². The Balaban J connectivity index is 2.04. The maximum atomic E-state index is 12.3. The summed E-state index contributed by atoms with van der Waals surface area (Å²) in [7, 11) is 0. The Hall–Kier alpha value is -1.96. The third kappa shape index (κ3) is 6.29. The topological polar surface area (TPSA) is 42.0 Å². The van der Waals surface area contributed by atoms with Gasteiger partial charge in [0.25, 0.3) is 0 Å². The van der Waals surface area contributed by atoms with Crippen molar-refractivity contribution in [1.29, 1.82) is 0 Å². The Bertz CT molecular complexity index is 656. The van der Waals surface area contributed by atoms with Gasteiger partial charge in [0.15, 0.2) is 0 Å². The number of benzene rings is 1. The van der Waals surface area contributed by atoms with Crippen LogP contribution < -0.4 is 4.74 Å². The van der Waals surface area contributed by atoms with Gasteiger partial charge < -0.3 is 14.4 Å². The molecule has 0 N–H and O–H groups in total. The molecule has 5 nitrogen and oxygen atoms in total. The second-order valence-electron chi connectivity index (χ2n) is 8.05. The molecular formula is C20H29F3N2O3. The summed E-state index contributed by atoms with van der Waals surface area (Å²) < 4.78 is 46.4. The van der Waals surface area contributed by atoms with Crippen LogP contribution in [0.5, 0.6) is 5.75 Å². The highest BCUT2D eigenvalue weighted by Crippen LogP contribution is 2.31.